The molecule has 92 valence electrons. The number of rotatable bonds is 6. The van der Waals surface area contributed by atoms with Gasteiger partial charge in [-0.1, -0.05) is 6.92 Å². The molecule has 16 heavy (non-hydrogen) atoms. The Kier molecular flexibility index (Phi) is 5.25. The number of amides is 2. The summed E-state index contributed by atoms with van der Waals surface area (Å²) in [5.41, 5.74) is 0. The van der Waals surface area contributed by atoms with Gasteiger partial charge in [0.15, 0.2) is 0 Å². The zero-order chi connectivity index (χ0) is 12.0. The van der Waals surface area contributed by atoms with Crippen molar-refractivity contribution in [3.63, 3.8) is 0 Å². The lowest BCUT2D eigenvalue weighted by molar-refractivity contribution is -0.125. The quantitative estimate of drug-likeness (QED) is 0.550. The van der Waals surface area contributed by atoms with E-state index in [-0.39, 0.29) is 30.4 Å². The van der Waals surface area contributed by atoms with Crippen molar-refractivity contribution in [2.24, 2.45) is 5.92 Å². The molecule has 0 aromatic heterocycles. The Bertz CT molecular complexity index is 256. The topological polar surface area (TPSA) is 78.4 Å². The van der Waals surface area contributed by atoms with E-state index in [1.807, 2.05) is 6.92 Å². The van der Waals surface area contributed by atoms with E-state index in [2.05, 4.69) is 10.6 Å². The maximum Gasteiger partial charge on any atom is 0.242 e. The summed E-state index contributed by atoms with van der Waals surface area (Å²) < 4.78 is 0. The smallest absolute Gasteiger partial charge is 0.242 e. The monoisotopic (exact) mass is 228 g/mol. The summed E-state index contributed by atoms with van der Waals surface area (Å²) in [7, 11) is 0. The van der Waals surface area contributed by atoms with Crippen molar-refractivity contribution >= 4 is 11.8 Å². The first-order valence-electron chi connectivity index (χ1n) is 5.81. The average molecular weight is 228 g/mol. The van der Waals surface area contributed by atoms with Crippen LogP contribution in [0.15, 0.2) is 0 Å². The summed E-state index contributed by atoms with van der Waals surface area (Å²) in [6.45, 7) is 2.77. The molecule has 1 unspecified atom stereocenters. The van der Waals surface area contributed by atoms with Crippen molar-refractivity contribution < 1.29 is 14.7 Å². The zero-order valence-corrected chi connectivity index (χ0v) is 9.66. The minimum Gasteiger partial charge on any atom is -0.396 e. The first-order valence-corrected chi connectivity index (χ1v) is 5.81. The van der Waals surface area contributed by atoms with Crippen molar-refractivity contribution in [1.82, 2.24) is 10.6 Å². The van der Waals surface area contributed by atoms with Crippen LogP contribution in [0.2, 0.25) is 0 Å². The van der Waals surface area contributed by atoms with Crippen molar-refractivity contribution in [3.8, 4) is 0 Å². The van der Waals surface area contributed by atoms with E-state index in [1.165, 1.54) is 0 Å². The third-order valence-corrected chi connectivity index (χ3v) is 2.80. The SMILES string of the molecule is CC(CO)CCCNC(=O)[C@H]1CCC(=O)N1. The summed E-state index contributed by atoms with van der Waals surface area (Å²) in [5.74, 6) is 0.139. The average Bonchev–Trinajstić information content (AvgIpc) is 2.70. The zero-order valence-electron chi connectivity index (χ0n) is 9.66. The van der Waals surface area contributed by atoms with Gasteiger partial charge in [-0.15, -0.1) is 0 Å². The molecule has 0 aromatic carbocycles. The maximum absolute atomic E-state index is 11.5. The lowest BCUT2D eigenvalue weighted by Crippen LogP contribution is -2.41. The number of hydrogen-bond donors (Lipinski definition) is 3. The Morgan fingerprint density at radius 3 is 3.00 bits per heavy atom. The van der Waals surface area contributed by atoms with Crippen LogP contribution < -0.4 is 10.6 Å². The van der Waals surface area contributed by atoms with Gasteiger partial charge in [0.2, 0.25) is 11.8 Å². The molecule has 1 rings (SSSR count). The predicted octanol–water partition coefficient (Wildman–Crippen LogP) is -0.210. The van der Waals surface area contributed by atoms with Crippen LogP contribution in [-0.4, -0.2) is 36.1 Å². The van der Waals surface area contributed by atoms with Gasteiger partial charge in [0.05, 0.1) is 0 Å². The molecule has 0 aliphatic carbocycles. The van der Waals surface area contributed by atoms with Gasteiger partial charge in [-0.3, -0.25) is 9.59 Å². The summed E-state index contributed by atoms with van der Waals surface area (Å²) >= 11 is 0. The molecule has 2 amide bonds. The summed E-state index contributed by atoms with van der Waals surface area (Å²) in [4.78, 5) is 22.4. The van der Waals surface area contributed by atoms with Crippen molar-refractivity contribution in [1.29, 1.82) is 0 Å². The first kappa shape index (κ1) is 13.0. The van der Waals surface area contributed by atoms with E-state index in [4.69, 9.17) is 5.11 Å². The van der Waals surface area contributed by atoms with Gasteiger partial charge in [0.25, 0.3) is 0 Å². The highest BCUT2D eigenvalue weighted by molar-refractivity contribution is 5.90. The molecule has 1 aliphatic rings. The highest BCUT2D eigenvalue weighted by atomic mass is 16.3. The highest BCUT2D eigenvalue weighted by Crippen LogP contribution is 2.07. The van der Waals surface area contributed by atoms with Crippen LogP contribution in [0.1, 0.15) is 32.6 Å². The van der Waals surface area contributed by atoms with E-state index in [9.17, 15) is 9.59 Å². The minimum atomic E-state index is -0.345. The molecule has 1 heterocycles. The minimum absolute atomic E-state index is 0.0472. The number of carbonyl (C=O) groups is 2. The van der Waals surface area contributed by atoms with Crippen LogP contribution >= 0.6 is 0 Å². The fourth-order valence-electron chi connectivity index (χ4n) is 1.69. The Balaban J connectivity index is 2.09. The van der Waals surface area contributed by atoms with Gasteiger partial charge in [-0.05, 0) is 25.2 Å². The van der Waals surface area contributed by atoms with Crippen LogP contribution in [0.25, 0.3) is 0 Å². The lowest BCUT2D eigenvalue weighted by Gasteiger charge is -2.11. The second-order valence-electron chi connectivity index (χ2n) is 4.38. The van der Waals surface area contributed by atoms with E-state index in [0.717, 1.165) is 12.8 Å². The number of hydrogen-bond acceptors (Lipinski definition) is 3. The van der Waals surface area contributed by atoms with E-state index >= 15 is 0 Å². The number of carbonyl (C=O) groups excluding carboxylic acids is 2. The Hall–Kier alpha value is -1.10. The molecule has 1 saturated heterocycles. The van der Waals surface area contributed by atoms with Gasteiger partial charge in [0, 0.05) is 19.6 Å². The molecule has 5 nitrogen and oxygen atoms in total. The molecule has 5 heteroatoms. The molecule has 1 fully saturated rings. The molecule has 1 aliphatic heterocycles. The van der Waals surface area contributed by atoms with Gasteiger partial charge >= 0.3 is 0 Å². The summed E-state index contributed by atoms with van der Waals surface area (Å²) in [6, 6.07) is -0.345. The Labute approximate surface area is 95.6 Å². The third kappa shape index (κ3) is 4.18. The molecule has 0 radical (unpaired) electrons. The van der Waals surface area contributed by atoms with Gasteiger partial charge in [-0.2, -0.15) is 0 Å². The number of nitrogens with one attached hydrogen (secondary N) is 2. The summed E-state index contributed by atoms with van der Waals surface area (Å²) in [5, 5.41) is 14.2. The number of aliphatic hydroxyl groups is 1. The van der Waals surface area contributed by atoms with Crippen molar-refractivity contribution in [3.05, 3.63) is 0 Å². The van der Waals surface area contributed by atoms with Crippen LogP contribution in [0, 0.1) is 5.92 Å². The van der Waals surface area contributed by atoms with Gasteiger partial charge < -0.3 is 15.7 Å². The summed E-state index contributed by atoms with van der Waals surface area (Å²) in [6.07, 6.45) is 2.79. The van der Waals surface area contributed by atoms with Crippen LogP contribution in [0.3, 0.4) is 0 Å². The predicted molar refractivity (Wildman–Crippen MR) is 59.7 cm³/mol. The van der Waals surface area contributed by atoms with E-state index in [1.54, 1.807) is 0 Å². The second kappa shape index (κ2) is 6.48. The molecular weight excluding hydrogens is 208 g/mol. The van der Waals surface area contributed by atoms with Crippen molar-refractivity contribution in [2.45, 2.75) is 38.6 Å². The maximum atomic E-state index is 11.5. The van der Waals surface area contributed by atoms with Gasteiger partial charge in [-0.25, -0.2) is 0 Å². The van der Waals surface area contributed by atoms with Crippen LogP contribution in [-0.2, 0) is 9.59 Å². The molecule has 0 bridgehead atoms. The molecule has 2 atom stereocenters. The molecule has 0 spiro atoms. The largest absolute Gasteiger partial charge is 0.396 e. The Morgan fingerprint density at radius 2 is 2.44 bits per heavy atom. The third-order valence-electron chi connectivity index (χ3n) is 2.80. The fraction of sp³-hybridized carbons (Fsp3) is 0.818. The lowest BCUT2D eigenvalue weighted by atomic mass is 10.1. The number of aliphatic hydroxyl groups excluding tert-OH is 1. The molecule has 0 saturated carbocycles. The molecule has 0 aromatic rings. The van der Waals surface area contributed by atoms with Gasteiger partial charge in [0.1, 0.15) is 6.04 Å². The normalized spacial score (nSPS) is 21.6. The molecular formula is C11H20N2O3. The Morgan fingerprint density at radius 1 is 1.69 bits per heavy atom. The second-order valence-corrected chi connectivity index (χ2v) is 4.38. The highest BCUT2D eigenvalue weighted by Gasteiger charge is 2.26. The first-order chi connectivity index (χ1) is 7.63. The van der Waals surface area contributed by atoms with Crippen LogP contribution in [0.4, 0.5) is 0 Å². The van der Waals surface area contributed by atoms with Crippen LogP contribution in [0.5, 0.6) is 0 Å². The standard InChI is InChI=1S/C11H20N2O3/c1-8(7-14)3-2-6-12-11(16)9-4-5-10(15)13-9/h8-9,14H,2-7H2,1H3,(H,12,16)(H,13,15)/t8?,9-/m1/s1. The van der Waals surface area contributed by atoms with Crippen molar-refractivity contribution in [2.75, 3.05) is 13.2 Å². The fourth-order valence-corrected chi connectivity index (χ4v) is 1.69. The van der Waals surface area contributed by atoms with E-state index in [0.29, 0.717) is 19.4 Å². The molecule has 3 N–H and O–H groups in total. The van der Waals surface area contributed by atoms with E-state index < -0.39 is 0 Å².